The molecule has 0 N–H and O–H groups in total. The normalized spacial score (nSPS) is 12.0. The van der Waals surface area contributed by atoms with Gasteiger partial charge in [0.2, 0.25) is 5.69 Å². The van der Waals surface area contributed by atoms with Crippen molar-refractivity contribution in [2.24, 2.45) is 0 Å². The van der Waals surface area contributed by atoms with Crippen LogP contribution >= 0.6 is 0 Å². The highest BCUT2D eigenvalue weighted by Gasteiger charge is 2.35. The maximum Gasteiger partial charge on any atom is 0.237 e. The first-order valence-corrected chi connectivity index (χ1v) is 23.5. The fourth-order valence-electron chi connectivity index (χ4n) is 11.9. The molecule has 0 radical (unpaired) electrons. The number of nitriles is 1. The Hall–Kier alpha value is -9.82. The van der Waals surface area contributed by atoms with E-state index < -0.39 is 0 Å². The molecule has 0 aliphatic heterocycles. The molecule has 0 amide bonds. The summed E-state index contributed by atoms with van der Waals surface area (Å²) in [4.78, 5) is 4.73. The quantitative estimate of drug-likeness (QED) is 0.165. The SMILES string of the molecule is [C-]#[N+]c1c(-n2c3ccccc3c3ccccc32)c(-n2c3ccccc3c3ccccc32)c(-n2c3ccccc3c3ccccc32)c(C#N)c1-n1c2ccc(C)cc2c2c3c(ccc21)oc1ccccc13. The zero-order valence-corrected chi connectivity index (χ0v) is 37.6. The first kappa shape index (κ1) is 38.3. The molecule has 0 saturated carbocycles. The molecule has 0 saturated heterocycles. The second-order valence-corrected chi connectivity index (χ2v) is 18.2. The number of hydrogen-bond donors (Lipinski definition) is 0. The van der Waals surface area contributed by atoms with Crippen molar-refractivity contribution in [3.8, 4) is 28.8 Å². The molecular weight excluding hydrogens is 857 g/mol. The van der Waals surface area contributed by atoms with Crippen molar-refractivity contribution < 1.29 is 4.42 Å². The van der Waals surface area contributed by atoms with E-state index in [1.807, 2.05) is 18.2 Å². The van der Waals surface area contributed by atoms with Crippen molar-refractivity contribution in [2.45, 2.75) is 6.92 Å². The minimum atomic E-state index is 0.348. The van der Waals surface area contributed by atoms with Crippen LogP contribution in [0.5, 0.6) is 0 Å². The van der Waals surface area contributed by atoms with Crippen LogP contribution in [0.4, 0.5) is 5.69 Å². The van der Waals surface area contributed by atoms with Crippen molar-refractivity contribution in [1.82, 2.24) is 18.3 Å². The average Bonchev–Trinajstić information content (AvgIpc) is 4.21. The van der Waals surface area contributed by atoms with Gasteiger partial charge in [-0.15, -0.1) is 0 Å². The molecule has 7 heteroatoms. The van der Waals surface area contributed by atoms with Gasteiger partial charge in [-0.25, -0.2) is 4.85 Å². The first-order chi connectivity index (χ1) is 34.6. The monoisotopic (exact) mass is 892 g/mol. The van der Waals surface area contributed by atoms with E-state index in [1.54, 1.807) is 0 Å². The lowest BCUT2D eigenvalue weighted by atomic mass is 10.0. The molecule has 15 rings (SSSR count). The summed E-state index contributed by atoms with van der Waals surface area (Å²) in [6.07, 6.45) is 0. The van der Waals surface area contributed by atoms with Gasteiger partial charge in [0, 0.05) is 53.9 Å². The van der Waals surface area contributed by atoms with Crippen LogP contribution in [0.15, 0.2) is 205 Å². The first-order valence-electron chi connectivity index (χ1n) is 23.5. The smallest absolute Gasteiger partial charge is 0.237 e. The highest BCUT2D eigenvalue weighted by molar-refractivity contribution is 6.28. The third kappa shape index (κ3) is 4.89. The lowest BCUT2D eigenvalue weighted by Crippen LogP contribution is -2.14. The Morgan fingerprint density at radius 3 is 1.27 bits per heavy atom. The van der Waals surface area contributed by atoms with Crippen LogP contribution in [0.25, 0.3) is 137 Å². The number of benzene rings is 10. The number of aryl methyl sites for hydroxylation is 1. The Morgan fingerprint density at radius 1 is 0.386 bits per heavy atom. The van der Waals surface area contributed by atoms with E-state index in [0.29, 0.717) is 28.3 Å². The van der Waals surface area contributed by atoms with E-state index in [4.69, 9.17) is 9.26 Å². The second kappa shape index (κ2) is 14.1. The summed E-state index contributed by atoms with van der Waals surface area (Å²) in [6.45, 7) is 11.8. The van der Waals surface area contributed by atoms with Gasteiger partial charge in [0.15, 0.2) is 0 Å². The third-order valence-electron chi connectivity index (χ3n) is 14.7. The van der Waals surface area contributed by atoms with Crippen LogP contribution < -0.4 is 0 Å². The van der Waals surface area contributed by atoms with Crippen LogP contribution in [-0.4, -0.2) is 18.3 Å². The highest BCUT2D eigenvalue weighted by Crippen LogP contribution is 2.52. The third-order valence-corrected chi connectivity index (χ3v) is 14.7. The molecule has 324 valence electrons. The summed E-state index contributed by atoms with van der Waals surface area (Å²) in [5, 5.41) is 22.8. The molecule has 0 aliphatic rings. The van der Waals surface area contributed by atoms with Gasteiger partial charge in [-0.05, 0) is 73.7 Å². The molecule has 5 aromatic heterocycles. The molecular formula is C63H36N6O. The van der Waals surface area contributed by atoms with Crippen LogP contribution in [-0.2, 0) is 0 Å². The van der Waals surface area contributed by atoms with Gasteiger partial charge < -0.3 is 22.7 Å². The summed E-state index contributed by atoms with van der Waals surface area (Å²) in [5.74, 6) is 0. The average molecular weight is 893 g/mol. The summed E-state index contributed by atoms with van der Waals surface area (Å²) >= 11 is 0. The Morgan fingerprint density at radius 2 is 0.786 bits per heavy atom. The van der Waals surface area contributed by atoms with Gasteiger partial charge in [-0.3, -0.25) is 0 Å². The highest BCUT2D eigenvalue weighted by atomic mass is 16.3. The Bertz CT molecular complexity index is 4570. The van der Waals surface area contributed by atoms with Gasteiger partial charge in [0.05, 0.1) is 79.0 Å². The lowest BCUT2D eigenvalue weighted by Gasteiger charge is -2.27. The number of aromatic nitrogens is 4. The Labute approximate surface area is 399 Å². The van der Waals surface area contributed by atoms with Gasteiger partial charge in [0.25, 0.3) is 0 Å². The number of para-hydroxylation sites is 7. The van der Waals surface area contributed by atoms with E-state index in [2.05, 4.69) is 213 Å². The van der Waals surface area contributed by atoms with Crippen molar-refractivity contribution in [3.05, 3.63) is 223 Å². The van der Waals surface area contributed by atoms with Gasteiger partial charge >= 0.3 is 0 Å². The zero-order valence-electron chi connectivity index (χ0n) is 37.6. The van der Waals surface area contributed by atoms with Gasteiger partial charge in [0.1, 0.15) is 17.2 Å². The minimum Gasteiger partial charge on any atom is -0.456 e. The van der Waals surface area contributed by atoms with E-state index in [-0.39, 0.29) is 0 Å². The number of fused-ring (bicyclic) bond motifs is 16. The summed E-state index contributed by atoms with van der Waals surface area (Å²) in [5.41, 5.74) is 13.4. The van der Waals surface area contributed by atoms with E-state index in [0.717, 1.165) is 120 Å². The van der Waals surface area contributed by atoms with E-state index in [1.165, 1.54) is 0 Å². The maximum absolute atomic E-state index is 12.4. The second-order valence-electron chi connectivity index (χ2n) is 18.2. The fourth-order valence-corrected chi connectivity index (χ4v) is 11.9. The summed E-state index contributed by atoms with van der Waals surface area (Å²) in [6, 6.07) is 72.6. The molecule has 15 aromatic rings. The minimum absolute atomic E-state index is 0.348. The lowest BCUT2D eigenvalue weighted by molar-refractivity contribution is 0.669. The van der Waals surface area contributed by atoms with Crippen LogP contribution in [0.2, 0.25) is 0 Å². The predicted octanol–water partition coefficient (Wildman–Crippen LogP) is 16.7. The molecule has 70 heavy (non-hydrogen) atoms. The number of rotatable bonds is 4. The van der Waals surface area contributed by atoms with Crippen LogP contribution in [0.3, 0.4) is 0 Å². The number of nitrogens with zero attached hydrogens (tertiary/aromatic N) is 6. The predicted molar refractivity (Wildman–Crippen MR) is 287 cm³/mol. The fraction of sp³-hybridized carbons (Fsp3) is 0.0159. The molecule has 5 heterocycles. The van der Waals surface area contributed by atoms with E-state index >= 15 is 0 Å². The van der Waals surface area contributed by atoms with Crippen molar-refractivity contribution >= 4 is 115 Å². The van der Waals surface area contributed by atoms with Crippen LogP contribution in [0, 0.1) is 24.8 Å². The van der Waals surface area contributed by atoms with Crippen molar-refractivity contribution in [3.63, 3.8) is 0 Å². The maximum atomic E-state index is 12.4. The van der Waals surface area contributed by atoms with Crippen molar-refractivity contribution in [1.29, 1.82) is 5.26 Å². The summed E-state index contributed by atoms with van der Waals surface area (Å²) < 4.78 is 15.6. The summed E-state index contributed by atoms with van der Waals surface area (Å²) in [7, 11) is 0. The number of furan rings is 1. The largest absolute Gasteiger partial charge is 0.456 e. The van der Waals surface area contributed by atoms with Gasteiger partial charge in [-0.1, -0.05) is 139 Å². The topological polar surface area (TPSA) is 61.0 Å². The molecule has 7 nitrogen and oxygen atoms in total. The molecule has 10 aromatic carbocycles. The Balaban J connectivity index is 1.28. The van der Waals surface area contributed by atoms with Crippen molar-refractivity contribution in [2.75, 3.05) is 0 Å². The number of hydrogen-bond acceptors (Lipinski definition) is 2. The van der Waals surface area contributed by atoms with Crippen LogP contribution in [0.1, 0.15) is 11.1 Å². The Kier molecular flexibility index (Phi) is 7.72. The molecule has 0 atom stereocenters. The zero-order chi connectivity index (χ0) is 46.4. The molecule has 0 aliphatic carbocycles. The standard InChI is InChI=1S/C63H36N6O/c1-37-31-32-53-45(35-37)57-54(33-34-56-58(57)44-23-9-16-30-55(44)70-56)69(53)60-46(36-64)61(66-47-24-10-3-17-38(47)39-18-4-11-25-48(39)66)63(68-51-28-14-7-21-42(51)43-22-8-15-29-52(43)68)62(59(60)65-2)67-49-26-12-5-19-40(49)41-20-6-13-27-50(41)67/h3-35H,1H3. The molecule has 0 fully saturated rings. The van der Waals surface area contributed by atoms with E-state index in [9.17, 15) is 11.8 Å². The molecule has 0 unspecified atom stereocenters. The van der Waals surface area contributed by atoms with Gasteiger partial charge in [-0.2, -0.15) is 5.26 Å². The molecule has 0 spiro atoms. The molecule has 0 bridgehead atoms.